The maximum Gasteiger partial charge on any atom is 0.325 e. The Labute approximate surface area is 111 Å². The van der Waals surface area contributed by atoms with Gasteiger partial charge in [-0.1, -0.05) is 25.0 Å². The van der Waals surface area contributed by atoms with E-state index in [-0.39, 0.29) is 19.1 Å². The summed E-state index contributed by atoms with van der Waals surface area (Å²) in [6, 6.07) is -0.260. The summed E-state index contributed by atoms with van der Waals surface area (Å²) in [5, 5.41) is 21.3. The first-order valence-electron chi connectivity index (χ1n) is 6.24. The summed E-state index contributed by atoms with van der Waals surface area (Å²) in [4.78, 5) is 21.8. The molecule has 8 nitrogen and oxygen atoms in total. The lowest BCUT2D eigenvalue weighted by atomic mass is 10.2. The van der Waals surface area contributed by atoms with Crippen molar-refractivity contribution < 1.29 is 14.7 Å². The van der Waals surface area contributed by atoms with Gasteiger partial charge in [-0.25, -0.2) is 9.48 Å². The van der Waals surface area contributed by atoms with Crippen molar-refractivity contribution in [3.8, 4) is 0 Å². The van der Waals surface area contributed by atoms with Crippen LogP contribution < -0.4 is 10.6 Å². The van der Waals surface area contributed by atoms with Crippen LogP contribution in [0, 0.1) is 0 Å². The minimum absolute atomic E-state index is 0.221. The molecule has 106 valence electrons. The lowest BCUT2D eigenvalue weighted by molar-refractivity contribution is -0.137. The van der Waals surface area contributed by atoms with Crippen LogP contribution in [0.3, 0.4) is 0 Å². The van der Waals surface area contributed by atoms with Gasteiger partial charge in [0, 0.05) is 6.54 Å². The quantitative estimate of drug-likeness (QED) is 0.590. The van der Waals surface area contributed by atoms with Gasteiger partial charge < -0.3 is 15.7 Å². The Balaban J connectivity index is 2.22. The molecule has 0 saturated carbocycles. The summed E-state index contributed by atoms with van der Waals surface area (Å²) >= 11 is 0. The van der Waals surface area contributed by atoms with Gasteiger partial charge in [0.2, 0.25) is 0 Å². The number of urea groups is 1. The normalized spacial score (nSPS) is 10.2. The summed E-state index contributed by atoms with van der Waals surface area (Å²) in [7, 11) is 0. The minimum atomic E-state index is -0.988. The average molecular weight is 269 g/mol. The predicted molar refractivity (Wildman–Crippen MR) is 67.4 cm³/mol. The molecule has 3 N–H and O–H groups in total. The van der Waals surface area contributed by atoms with Gasteiger partial charge in [-0.2, -0.15) is 0 Å². The van der Waals surface area contributed by atoms with Gasteiger partial charge >= 0.3 is 12.0 Å². The Kier molecular flexibility index (Phi) is 6.34. The zero-order chi connectivity index (χ0) is 14.1. The van der Waals surface area contributed by atoms with E-state index in [4.69, 9.17) is 5.11 Å². The van der Waals surface area contributed by atoms with E-state index in [1.54, 1.807) is 0 Å². The van der Waals surface area contributed by atoms with E-state index in [0.29, 0.717) is 12.2 Å². The summed E-state index contributed by atoms with van der Waals surface area (Å²) in [6.07, 6.45) is 4.64. The largest absolute Gasteiger partial charge is 0.480 e. The van der Waals surface area contributed by atoms with Gasteiger partial charge in [0.15, 0.2) is 0 Å². The number of aliphatic carboxylic acids is 1. The topological polar surface area (TPSA) is 109 Å². The fourth-order valence-electron chi connectivity index (χ4n) is 1.45. The van der Waals surface area contributed by atoms with Crippen LogP contribution >= 0.6 is 0 Å². The molecule has 0 aliphatic heterocycles. The van der Waals surface area contributed by atoms with Crippen molar-refractivity contribution >= 4 is 12.0 Å². The number of hydrogen-bond donors (Lipinski definition) is 3. The van der Waals surface area contributed by atoms with Crippen molar-refractivity contribution in [2.24, 2.45) is 0 Å². The van der Waals surface area contributed by atoms with Gasteiger partial charge in [0.1, 0.15) is 12.2 Å². The standard InChI is InChI=1S/C11H19N5O3/c1-2-3-4-5-12-11(19)13-6-9-7-16(15-14-9)8-10(17)18/h7H,2-6,8H2,1H3,(H,17,18)(H2,12,13,19). The first kappa shape index (κ1) is 14.9. The number of aromatic nitrogens is 3. The summed E-state index contributed by atoms with van der Waals surface area (Å²) in [6.45, 7) is 2.72. The van der Waals surface area contributed by atoms with Crippen LogP contribution in [0.15, 0.2) is 6.20 Å². The molecule has 0 fully saturated rings. The second kappa shape index (κ2) is 8.06. The molecule has 0 bridgehead atoms. The molecule has 1 aromatic heterocycles. The molecular weight excluding hydrogens is 250 g/mol. The molecule has 2 amide bonds. The van der Waals surface area contributed by atoms with Crippen molar-refractivity contribution in [2.75, 3.05) is 6.54 Å². The third-order valence-corrected chi connectivity index (χ3v) is 2.38. The highest BCUT2D eigenvalue weighted by molar-refractivity contribution is 5.73. The number of unbranched alkanes of at least 4 members (excludes halogenated alkanes) is 2. The Bertz CT molecular complexity index is 418. The van der Waals surface area contributed by atoms with Gasteiger partial charge in [-0.3, -0.25) is 4.79 Å². The summed E-state index contributed by atoms with van der Waals surface area (Å²) < 4.78 is 1.21. The number of hydrogen-bond acceptors (Lipinski definition) is 4. The third kappa shape index (κ3) is 6.39. The number of nitrogens with zero attached hydrogens (tertiary/aromatic N) is 3. The fourth-order valence-corrected chi connectivity index (χ4v) is 1.45. The Morgan fingerprint density at radius 3 is 2.84 bits per heavy atom. The number of carboxylic acids is 1. The summed E-state index contributed by atoms with van der Waals surface area (Å²) in [5.74, 6) is -0.988. The van der Waals surface area contributed by atoms with Crippen LogP contribution in [0.1, 0.15) is 31.9 Å². The lowest BCUT2D eigenvalue weighted by Crippen LogP contribution is -2.35. The number of amides is 2. The molecule has 0 aromatic carbocycles. The van der Waals surface area contributed by atoms with Crippen molar-refractivity contribution in [3.63, 3.8) is 0 Å². The van der Waals surface area contributed by atoms with Crippen LogP contribution in [-0.2, 0) is 17.9 Å². The van der Waals surface area contributed by atoms with Crippen LogP contribution in [0.2, 0.25) is 0 Å². The minimum Gasteiger partial charge on any atom is -0.480 e. The maximum absolute atomic E-state index is 11.4. The van der Waals surface area contributed by atoms with E-state index in [2.05, 4.69) is 27.9 Å². The van der Waals surface area contributed by atoms with E-state index < -0.39 is 5.97 Å². The second-order valence-electron chi connectivity index (χ2n) is 4.12. The molecular formula is C11H19N5O3. The molecule has 0 saturated heterocycles. The van der Waals surface area contributed by atoms with Crippen LogP contribution in [0.5, 0.6) is 0 Å². The first-order valence-corrected chi connectivity index (χ1v) is 6.24. The monoisotopic (exact) mass is 269 g/mol. The van der Waals surface area contributed by atoms with E-state index in [0.717, 1.165) is 19.3 Å². The summed E-state index contributed by atoms with van der Waals surface area (Å²) in [5.41, 5.74) is 0.518. The molecule has 1 heterocycles. The Hall–Kier alpha value is -2.12. The van der Waals surface area contributed by atoms with Crippen LogP contribution in [0.4, 0.5) is 4.79 Å². The number of rotatable bonds is 8. The van der Waals surface area contributed by atoms with Gasteiger partial charge in [0.25, 0.3) is 0 Å². The Morgan fingerprint density at radius 1 is 1.37 bits per heavy atom. The fraction of sp³-hybridized carbons (Fsp3) is 0.636. The van der Waals surface area contributed by atoms with Crippen LogP contribution in [0.25, 0.3) is 0 Å². The molecule has 0 radical (unpaired) electrons. The molecule has 1 aromatic rings. The molecule has 0 unspecified atom stereocenters. The zero-order valence-corrected chi connectivity index (χ0v) is 10.9. The van der Waals surface area contributed by atoms with Crippen molar-refractivity contribution in [3.05, 3.63) is 11.9 Å². The van der Waals surface area contributed by atoms with Crippen molar-refractivity contribution in [1.29, 1.82) is 0 Å². The van der Waals surface area contributed by atoms with Crippen LogP contribution in [-0.4, -0.2) is 38.6 Å². The highest BCUT2D eigenvalue weighted by Gasteiger charge is 2.05. The predicted octanol–water partition coefficient (Wildman–Crippen LogP) is 0.352. The first-order chi connectivity index (χ1) is 9.11. The zero-order valence-electron chi connectivity index (χ0n) is 10.9. The highest BCUT2D eigenvalue weighted by Crippen LogP contribution is 1.93. The van der Waals surface area contributed by atoms with Crippen molar-refractivity contribution in [1.82, 2.24) is 25.6 Å². The highest BCUT2D eigenvalue weighted by atomic mass is 16.4. The number of carbonyl (C=O) groups is 2. The second-order valence-corrected chi connectivity index (χ2v) is 4.12. The molecule has 0 aliphatic carbocycles. The molecule has 0 aliphatic rings. The van der Waals surface area contributed by atoms with Crippen molar-refractivity contribution in [2.45, 2.75) is 39.3 Å². The lowest BCUT2D eigenvalue weighted by Gasteiger charge is -2.05. The van der Waals surface area contributed by atoms with Gasteiger partial charge in [-0.05, 0) is 6.42 Å². The number of nitrogens with one attached hydrogen (secondary N) is 2. The number of carboxylic acid groups (broad SMARTS) is 1. The van der Waals surface area contributed by atoms with E-state index in [1.807, 2.05) is 0 Å². The third-order valence-electron chi connectivity index (χ3n) is 2.38. The molecule has 0 spiro atoms. The molecule has 8 heteroatoms. The Morgan fingerprint density at radius 2 is 2.16 bits per heavy atom. The van der Waals surface area contributed by atoms with Gasteiger partial charge in [0.05, 0.1) is 12.7 Å². The molecule has 0 atom stereocenters. The van der Waals surface area contributed by atoms with E-state index in [9.17, 15) is 9.59 Å². The average Bonchev–Trinajstić information content (AvgIpc) is 2.79. The van der Waals surface area contributed by atoms with Gasteiger partial charge in [-0.15, -0.1) is 5.10 Å². The molecule has 19 heavy (non-hydrogen) atoms. The SMILES string of the molecule is CCCCCNC(=O)NCc1cn(CC(=O)O)nn1. The molecule has 1 rings (SSSR count). The smallest absolute Gasteiger partial charge is 0.325 e. The van der Waals surface area contributed by atoms with E-state index in [1.165, 1.54) is 10.9 Å². The number of carbonyl (C=O) groups excluding carboxylic acids is 1. The maximum atomic E-state index is 11.4. The van der Waals surface area contributed by atoms with E-state index >= 15 is 0 Å².